The topological polar surface area (TPSA) is 61.8 Å². The van der Waals surface area contributed by atoms with E-state index >= 15 is 0 Å². The van der Waals surface area contributed by atoms with E-state index < -0.39 is 5.92 Å². The van der Waals surface area contributed by atoms with Crippen molar-refractivity contribution in [2.75, 3.05) is 11.4 Å². The third kappa shape index (κ3) is 3.83. The van der Waals surface area contributed by atoms with Gasteiger partial charge in [-0.3, -0.25) is 9.59 Å². The molecule has 1 aromatic carbocycles. The van der Waals surface area contributed by atoms with E-state index in [1.54, 1.807) is 46.7 Å². The summed E-state index contributed by atoms with van der Waals surface area (Å²) in [4.78, 5) is 28.1. The van der Waals surface area contributed by atoms with Crippen LogP contribution in [0.1, 0.15) is 16.2 Å². The zero-order chi connectivity index (χ0) is 17.1. The maximum absolute atomic E-state index is 12.2. The van der Waals surface area contributed by atoms with Crippen molar-refractivity contribution < 1.29 is 9.59 Å². The maximum atomic E-state index is 12.2. The molecule has 0 saturated carbocycles. The van der Waals surface area contributed by atoms with Gasteiger partial charge in [-0.25, -0.2) is 5.43 Å². The van der Waals surface area contributed by atoms with Crippen molar-refractivity contribution in [2.24, 2.45) is 11.0 Å². The standard InChI is InChI=1S/C17H16ClN3O2S/c1-11-2-7-15(24-11)9-19-20-17(23)12-8-16(22)21(10-12)14-5-3-13(18)4-6-14/h2-7,9,12H,8,10H2,1H3,(H,20,23)/b19-9-/t12-/m0/s1. The molecule has 2 amide bonds. The first-order chi connectivity index (χ1) is 11.5. The highest BCUT2D eigenvalue weighted by Gasteiger charge is 2.35. The van der Waals surface area contributed by atoms with Crippen molar-refractivity contribution in [1.29, 1.82) is 0 Å². The summed E-state index contributed by atoms with van der Waals surface area (Å²) in [5, 5.41) is 4.58. The minimum Gasteiger partial charge on any atom is -0.312 e. The largest absolute Gasteiger partial charge is 0.312 e. The smallest absolute Gasteiger partial charge is 0.245 e. The van der Waals surface area contributed by atoms with Crippen LogP contribution in [0.5, 0.6) is 0 Å². The van der Waals surface area contributed by atoms with E-state index in [0.29, 0.717) is 11.6 Å². The monoisotopic (exact) mass is 361 g/mol. The molecule has 0 spiro atoms. The SMILES string of the molecule is Cc1ccc(/C=N\NC(=O)[C@H]2CC(=O)N(c3ccc(Cl)cc3)C2)s1. The molecule has 3 rings (SSSR count). The number of anilines is 1. The Labute approximate surface area is 148 Å². The molecule has 1 aliphatic rings. The molecule has 124 valence electrons. The number of thiophene rings is 1. The number of carbonyl (C=O) groups excluding carboxylic acids is 2. The van der Waals surface area contributed by atoms with Crippen LogP contribution in [-0.2, 0) is 9.59 Å². The molecule has 0 aliphatic carbocycles. The first-order valence-electron chi connectivity index (χ1n) is 7.48. The van der Waals surface area contributed by atoms with Crippen LogP contribution in [0.15, 0.2) is 41.5 Å². The van der Waals surface area contributed by atoms with Gasteiger partial charge in [-0.2, -0.15) is 5.10 Å². The van der Waals surface area contributed by atoms with Crippen molar-refractivity contribution in [3.8, 4) is 0 Å². The molecule has 2 aromatic rings. The molecule has 0 bridgehead atoms. The summed E-state index contributed by atoms with van der Waals surface area (Å²) in [6, 6.07) is 10.9. The quantitative estimate of drug-likeness (QED) is 0.671. The number of hydrogen-bond donors (Lipinski definition) is 1. The number of amides is 2. The average molecular weight is 362 g/mol. The van der Waals surface area contributed by atoms with Gasteiger partial charge in [0.2, 0.25) is 11.8 Å². The molecule has 1 atom stereocenters. The highest BCUT2D eigenvalue weighted by molar-refractivity contribution is 7.13. The van der Waals surface area contributed by atoms with Gasteiger partial charge in [-0.05, 0) is 43.3 Å². The lowest BCUT2D eigenvalue weighted by atomic mass is 10.1. The Kier molecular flexibility index (Phi) is 4.97. The van der Waals surface area contributed by atoms with E-state index in [1.807, 2.05) is 19.1 Å². The third-order valence-corrected chi connectivity index (χ3v) is 4.95. The number of nitrogens with one attached hydrogen (secondary N) is 1. The molecule has 24 heavy (non-hydrogen) atoms. The number of hydrogen-bond acceptors (Lipinski definition) is 4. The van der Waals surface area contributed by atoms with E-state index in [0.717, 1.165) is 10.6 Å². The van der Waals surface area contributed by atoms with Crippen LogP contribution in [-0.4, -0.2) is 24.6 Å². The zero-order valence-corrected chi connectivity index (χ0v) is 14.6. The summed E-state index contributed by atoms with van der Waals surface area (Å²) in [6.07, 6.45) is 1.80. The summed E-state index contributed by atoms with van der Waals surface area (Å²) in [5.74, 6) is -0.727. The molecule has 7 heteroatoms. The number of aryl methyl sites for hydroxylation is 1. The Hall–Kier alpha value is -2.18. The van der Waals surface area contributed by atoms with Crippen LogP contribution in [0, 0.1) is 12.8 Å². The molecule has 1 aliphatic heterocycles. The number of rotatable bonds is 4. The van der Waals surface area contributed by atoms with Crippen molar-refractivity contribution in [1.82, 2.24) is 5.43 Å². The summed E-state index contributed by atoms with van der Waals surface area (Å²) in [7, 11) is 0. The summed E-state index contributed by atoms with van der Waals surface area (Å²) < 4.78 is 0. The van der Waals surface area contributed by atoms with E-state index in [4.69, 9.17) is 11.6 Å². The molecule has 5 nitrogen and oxygen atoms in total. The lowest BCUT2D eigenvalue weighted by molar-refractivity contribution is -0.126. The lowest BCUT2D eigenvalue weighted by Gasteiger charge is -2.16. The second-order valence-electron chi connectivity index (χ2n) is 5.56. The normalized spacial score (nSPS) is 17.7. The second-order valence-corrected chi connectivity index (χ2v) is 7.32. The van der Waals surface area contributed by atoms with Gasteiger partial charge in [0.05, 0.1) is 12.1 Å². The minimum atomic E-state index is -0.407. The van der Waals surface area contributed by atoms with Gasteiger partial charge in [0, 0.05) is 33.4 Å². The Balaban J connectivity index is 1.59. The number of halogens is 1. The molecule has 2 heterocycles. The van der Waals surface area contributed by atoms with E-state index in [1.165, 1.54) is 4.88 Å². The van der Waals surface area contributed by atoms with Crippen LogP contribution in [0.25, 0.3) is 0 Å². The third-order valence-electron chi connectivity index (χ3n) is 3.76. The first kappa shape index (κ1) is 16.7. The van der Waals surface area contributed by atoms with Crippen molar-refractivity contribution in [3.05, 3.63) is 51.2 Å². The van der Waals surface area contributed by atoms with E-state index in [2.05, 4.69) is 10.5 Å². The van der Waals surface area contributed by atoms with Gasteiger partial charge in [0.15, 0.2) is 0 Å². The molecule has 1 aromatic heterocycles. The Morgan fingerprint density at radius 2 is 2.08 bits per heavy atom. The first-order valence-corrected chi connectivity index (χ1v) is 8.67. The van der Waals surface area contributed by atoms with Crippen molar-refractivity contribution >= 4 is 46.7 Å². The molecule has 0 radical (unpaired) electrons. The van der Waals surface area contributed by atoms with E-state index in [-0.39, 0.29) is 18.2 Å². The molecule has 1 N–H and O–H groups in total. The van der Waals surface area contributed by atoms with E-state index in [9.17, 15) is 9.59 Å². The predicted molar refractivity (Wildman–Crippen MR) is 96.7 cm³/mol. The van der Waals surface area contributed by atoms with Crippen molar-refractivity contribution in [3.63, 3.8) is 0 Å². The highest BCUT2D eigenvalue weighted by Crippen LogP contribution is 2.26. The number of hydrazone groups is 1. The van der Waals surface area contributed by atoms with Gasteiger partial charge >= 0.3 is 0 Å². The Bertz CT molecular complexity index is 785. The Morgan fingerprint density at radius 1 is 1.33 bits per heavy atom. The molecule has 0 unspecified atom stereocenters. The van der Waals surface area contributed by atoms with Gasteiger partial charge in [-0.15, -0.1) is 11.3 Å². The fraction of sp³-hybridized carbons (Fsp3) is 0.235. The molecule has 1 saturated heterocycles. The van der Waals surface area contributed by atoms with Crippen LogP contribution in [0.3, 0.4) is 0 Å². The summed E-state index contributed by atoms with van der Waals surface area (Å²) in [6.45, 7) is 2.36. The van der Waals surface area contributed by atoms with Crippen LogP contribution >= 0.6 is 22.9 Å². The average Bonchev–Trinajstić information content (AvgIpc) is 3.14. The summed E-state index contributed by atoms with van der Waals surface area (Å²) >= 11 is 7.46. The van der Waals surface area contributed by atoms with Crippen LogP contribution in [0.4, 0.5) is 5.69 Å². The van der Waals surface area contributed by atoms with Gasteiger partial charge in [0.1, 0.15) is 0 Å². The van der Waals surface area contributed by atoms with Gasteiger partial charge in [-0.1, -0.05) is 11.6 Å². The lowest BCUT2D eigenvalue weighted by Crippen LogP contribution is -2.30. The number of carbonyl (C=O) groups is 2. The zero-order valence-electron chi connectivity index (χ0n) is 13.0. The summed E-state index contributed by atoms with van der Waals surface area (Å²) in [5.41, 5.74) is 3.27. The second kappa shape index (κ2) is 7.15. The van der Waals surface area contributed by atoms with Crippen LogP contribution < -0.4 is 10.3 Å². The maximum Gasteiger partial charge on any atom is 0.245 e. The predicted octanol–water partition coefficient (Wildman–Crippen LogP) is 3.21. The highest BCUT2D eigenvalue weighted by atomic mass is 35.5. The molecular weight excluding hydrogens is 346 g/mol. The Morgan fingerprint density at radius 3 is 2.75 bits per heavy atom. The fourth-order valence-corrected chi connectivity index (χ4v) is 3.40. The minimum absolute atomic E-state index is 0.0738. The molecular formula is C17H16ClN3O2S. The van der Waals surface area contributed by atoms with Crippen LogP contribution in [0.2, 0.25) is 5.02 Å². The molecule has 1 fully saturated rings. The number of nitrogens with zero attached hydrogens (tertiary/aromatic N) is 2. The van der Waals surface area contributed by atoms with Gasteiger partial charge in [0.25, 0.3) is 0 Å². The van der Waals surface area contributed by atoms with Gasteiger partial charge < -0.3 is 4.90 Å². The fourth-order valence-electron chi connectivity index (χ4n) is 2.53. The number of benzene rings is 1. The van der Waals surface area contributed by atoms with Crippen molar-refractivity contribution in [2.45, 2.75) is 13.3 Å².